The van der Waals surface area contributed by atoms with Crippen LogP contribution in [0.15, 0.2) is 27.1 Å². The molecule has 2 fully saturated rings. The fourth-order valence-electron chi connectivity index (χ4n) is 3.07. The number of rotatable bonds is 2. The van der Waals surface area contributed by atoms with Gasteiger partial charge >= 0.3 is 0 Å². The van der Waals surface area contributed by atoms with Gasteiger partial charge in [0.2, 0.25) is 0 Å². The molecule has 0 amide bonds. The van der Waals surface area contributed by atoms with Crippen LogP contribution in [0.3, 0.4) is 0 Å². The zero-order chi connectivity index (χ0) is 11.8. The standard InChI is InChI=1S/C13H16Br2N2/c14-9-3-1-4-10(15)13(9)16-11-6-8-17-7-2-5-12(11)17/h1,3-4,11-12,16H,2,5-8H2. The van der Waals surface area contributed by atoms with Crippen molar-refractivity contribution in [2.45, 2.75) is 31.3 Å². The summed E-state index contributed by atoms with van der Waals surface area (Å²) in [5, 5.41) is 3.71. The molecule has 92 valence electrons. The van der Waals surface area contributed by atoms with Crippen LogP contribution in [0, 0.1) is 0 Å². The highest BCUT2D eigenvalue weighted by Crippen LogP contribution is 2.35. The van der Waals surface area contributed by atoms with Crippen LogP contribution in [-0.4, -0.2) is 30.1 Å². The monoisotopic (exact) mass is 358 g/mol. The Morgan fingerprint density at radius 2 is 1.88 bits per heavy atom. The van der Waals surface area contributed by atoms with Crippen molar-refractivity contribution in [1.82, 2.24) is 4.90 Å². The van der Waals surface area contributed by atoms with Gasteiger partial charge in [-0.3, -0.25) is 4.90 Å². The Balaban J connectivity index is 1.79. The predicted octanol–water partition coefficient (Wildman–Crippen LogP) is 3.86. The summed E-state index contributed by atoms with van der Waals surface area (Å²) in [6, 6.07) is 7.58. The highest BCUT2D eigenvalue weighted by atomic mass is 79.9. The van der Waals surface area contributed by atoms with Gasteiger partial charge in [-0.05, 0) is 69.8 Å². The zero-order valence-corrected chi connectivity index (χ0v) is 12.8. The summed E-state index contributed by atoms with van der Waals surface area (Å²) >= 11 is 7.24. The van der Waals surface area contributed by atoms with E-state index in [0.29, 0.717) is 6.04 Å². The summed E-state index contributed by atoms with van der Waals surface area (Å²) in [7, 11) is 0. The van der Waals surface area contributed by atoms with Crippen molar-refractivity contribution in [3.8, 4) is 0 Å². The molecule has 2 nitrogen and oxygen atoms in total. The molecule has 2 aliphatic heterocycles. The first-order chi connectivity index (χ1) is 8.25. The van der Waals surface area contributed by atoms with Crippen LogP contribution in [0.4, 0.5) is 5.69 Å². The number of hydrogen-bond acceptors (Lipinski definition) is 2. The second kappa shape index (κ2) is 4.90. The third-order valence-corrected chi connectivity index (χ3v) is 5.22. The summed E-state index contributed by atoms with van der Waals surface area (Å²) < 4.78 is 2.28. The molecule has 4 heteroatoms. The molecule has 2 atom stereocenters. The summed E-state index contributed by atoms with van der Waals surface area (Å²) in [5.41, 5.74) is 1.20. The molecule has 0 aromatic heterocycles. The second-order valence-electron chi connectivity index (χ2n) is 4.88. The minimum atomic E-state index is 0.604. The third-order valence-electron chi connectivity index (χ3n) is 3.90. The van der Waals surface area contributed by atoms with E-state index in [-0.39, 0.29) is 0 Å². The molecule has 2 heterocycles. The van der Waals surface area contributed by atoms with Crippen molar-refractivity contribution < 1.29 is 0 Å². The number of para-hydroxylation sites is 1. The summed E-state index contributed by atoms with van der Waals surface area (Å²) in [6.07, 6.45) is 3.97. The van der Waals surface area contributed by atoms with Crippen LogP contribution in [0.1, 0.15) is 19.3 Å². The van der Waals surface area contributed by atoms with Crippen LogP contribution in [0.25, 0.3) is 0 Å². The second-order valence-corrected chi connectivity index (χ2v) is 6.59. The summed E-state index contributed by atoms with van der Waals surface area (Å²) in [5.74, 6) is 0. The third kappa shape index (κ3) is 2.27. The molecule has 0 bridgehead atoms. The minimum Gasteiger partial charge on any atom is -0.379 e. The van der Waals surface area contributed by atoms with Crippen LogP contribution in [0.2, 0.25) is 0 Å². The fraction of sp³-hybridized carbons (Fsp3) is 0.538. The Morgan fingerprint density at radius 1 is 1.12 bits per heavy atom. The fourth-order valence-corrected chi connectivity index (χ4v) is 4.30. The van der Waals surface area contributed by atoms with Gasteiger partial charge in [-0.15, -0.1) is 0 Å². The zero-order valence-electron chi connectivity index (χ0n) is 9.63. The van der Waals surface area contributed by atoms with Crippen LogP contribution < -0.4 is 5.32 Å². The first-order valence-corrected chi connectivity index (χ1v) is 7.79. The molecule has 2 aliphatic rings. The van der Waals surface area contributed by atoms with Crippen molar-refractivity contribution >= 4 is 37.5 Å². The summed E-state index contributed by atoms with van der Waals surface area (Å²) in [4.78, 5) is 2.63. The molecule has 1 aromatic rings. The molecule has 0 radical (unpaired) electrons. The molecule has 0 spiro atoms. The maximum absolute atomic E-state index is 3.71. The number of anilines is 1. The number of hydrogen-bond donors (Lipinski definition) is 1. The van der Waals surface area contributed by atoms with Crippen LogP contribution in [0.5, 0.6) is 0 Å². The average molecular weight is 360 g/mol. The molecule has 0 saturated carbocycles. The van der Waals surface area contributed by atoms with E-state index >= 15 is 0 Å². The molecule has 2 saturated heterocycles. The Labute approximate surface area is 119 Å². The van der Waals surface area contributed by atoms with E-state index in [1.54, 1.807) is 0 Å². The van der Waals surface area contributed by atoms with E-state index < -0.39 is 0 Å². The largest absolute Gasteiger partial charge is 0.379 e. The van der Waals surface area contributed by atoms with Crippen LogP contribution >= 0.6 is 31.9 Å². The van der Waals surface area contributed by atoms with Crippen molar-refractivity contribution in [3.05, 3.63) is 27.1 Å². The number of halogens is 2. The van der Waals surface area contributed by atoms with Crippen molar-refractivity contribution in [2.24, 2.45) is 0 Å². The van der Waals surface area contributed by atoms with E-state index in [1.165, 1.54) is 38.0 Å². The molecule has 0 aliphatic carbocycles. The first-order valence-electron chi connectivity index (χ1n) is 6.20. The maximum atomic E-state index is 3.71. The van der Waals surface area contributed by atoms with Gasteiger partial charge < -0.3 is 5.32 Å². The SMILES string of the molecule is Brc1cccc(Br)c1NC1CCN2CCCC12. The number of nitrogens with zero attached hydrogens (tertiary/aromatic N) is 1. The molecule has 3 rings (SSSR count). The molecule has 17 heavy (non-hydrogen) atoms. The number of fused-ring (bicyclic) bond motifs is 1. The molecule has 1 N–H and O–H groups in total. The van der Waals surface area contributed by atoms with E-state index in [4.69, 9.17) is 0 Å². The van der Waals surface area contributed by atoms with Gasteiger partial charge in [-0.2, -0.15) is 0 Å². The van der Waals surface area contributed by atoms with Gasteiger partial charge in [0, 0.05) is 27.6 Å². The van der Waals surface area contributed by atoms with Crippen molar-refractivity contribution in [3.63, 3.8) is 0 Å². The molecule has 1 aromatic carbocycles. The lowest BCUT2D eigenvalue weighted by atomic mass is 10.1. The topological polar surface area (TPSA) is 15.3 Å². The van der Waals surface area contributed by atoms with E-state index in [1.807, 2.05) is 0 Å². The lowest BCUT2D eigenvalue weighted by molar-refractivity contribution is 0.318. The highest BCUT2D eigenvalue weighted by molar-refractivity contribution is 9.11. The Bertz CT molecular complexity index is 402. The predicted molar refractivity (Wildman–Crippen MR) is 78.5 cm³/mol. The van der Waals surface area contributed by atoms with Gasteiger partial charge in [-0.1, -0.05) is 6.07 Å². The highest BCUT2D eigenvalue weighted by Gasteiger charge is 2.37. The Hall–Kier alpha value is -0.0600. The summed E-state index contributed by atoms with van der Waals surface area (Å²) in [6.45, 7) is 2.55. The lowest BCUT2D eigenvalue weighted by Gasteiger charge is -2.23. The minimum absolute atomic E-state index is 0.604. The average Bonchev–Trinajstić information content (AvgIpc) is 2.87. The van der Waals surface area contributed by atoms with Crippen molar-refractivity contribution in [1.29, 1.82) is 0 Å². The lowest BCUT2D eigenvalue weighted by Crippen LogP contribution is -2.33. The molecule has 2 unspecified atom stereocenters. The van der Waals surface area contributed by atoms with Crippen molar-refractivity contribution in [2.75, 3.05) is 18.4 Å². The molecular formula is C13H16Br2N2. The molecular weight excluding hydrogens is 344 g/mol. The Kier molecular flexibility index (Phi) is 3.46. The van der Waals surface area contributed by atoms with Gasteiger partial charge in [0.1, 0.15) is 0 Å². The van der Waals surface area contributed by atoms with Gasteiger partial charge in [0.15, 0.2) is 0 Å². The Morgan fingerprint density at radius 3 is 2.65 bits per heavy atom. The van der Waals surface area contributed by atoms with Gasteiger partial charge in [0.25, 0.3) is 0 Å². The first kappa shape index (κ1) is 12.0. The van der Waals surface area contributed by atoms with E-state index in [9.17, 15) is 0 Å². The maximum Gasteiger partial charge on any atom is 0.0631 e. The number of benzene rings is 1. The normalized spacial score (nSPS) is 28.4. The van der Waals surface area contributed by atoms with E-state index in [0.717, 1.165) is 15.0 Å². The van der Waals surface area contributed by atoms with Gasteiger partial charge in [-0.25, -0.2) is 0 Å². The van der Waals surface area contributed by atoms with Gasteiger partial charge in [0.05, 0.1) is 5.69 Å². The quantitative estimate of drug-likeness (QED) is 0.862. The number of nitrogens with one attached hydrogen (secondary N) is 1. The van der Waals surface area contributed by atoms with E-state index in [2.05, 4.69) is 60.3 Å². The smallest absolute Gasteiger partial charge is 0.0631 e. The van der Waals surface area contributed by atoms with Crippen LogP contribution in [-0.2, 0) is 0 Å².